The summed E-state index contributed by atoms with van der Waals surface area (Å²) in [6.45, 7) is 0.141. The molecule has 0 aliphatic carbocycles. The summed E-state index contributed by atoms with van der Waals surface area (Å²) in [6, 6.07) is 22.1. The van der Waals surface area contributed by atoms with Crippen LogP contribution in [0.15, 0.2) is 94.3 Å². The SMILES string of the molecule is O=c1c(O)c(-c2ccc(O)c(O)c2)oc2cc(OCc3ccc4cc(-c5ccccc5)nn4c3)cc(O)c12. The first-order valence-electron chi connectivity index (χ1n) is 11.6. The minimum atomic E-state index is -0.851. The van der Waals surface area contributed by atoms with Crippen LogP contribution in [0.1, 0.15) is 5.56 Å². The molecule has 4 N–H and O–H groups in total. The van der Waals surface area contributed by atoms with E-state index in [1.807, 2.05) is 54.7 Å². The Morgan fingerprint density at radius 3 is 2.42 bits per heavy atom. The van der Waals surface area contributed by atoms with E-state index >= 15 is 0 Å². The Morgan fingerprint density at radius 1 is 0.816 bits per heavy atom. The largest absolute Gasteiger partial charge is 0.507 e. The number of fused-ring (bicyclic) bond motifs is 2. The van der Waals surface area contributed by atoms with Crippen LogP contribution in [0.3, 0.4) is 0 Å². The van der Waals surface area contributed by atoms with E-state index in [4.69, 9.17) is 9.15 Å². The fourth-order valence-electron chi connectivity index (χ4n) is 4.24. The zero-order valence-corrected chi connectivity index (χ0v) is 19.7. The van der Waals surface area contributed by atoms with Gasteiger partial charge in [0.25, 0.3) is 0 Å². The van der Waals surface area contributed by atoms with Gasteiger partial charge in [-0.15, -0.1) is 0 Å². The van der Waals surface area contributed by atoms with E-state index in [1.54, 1.807) is 4.52 Å². The van der Waals surface area contributed by atoms with Crippen molar-refractivity contribution < 1.29 is 29.6 Å². The van der Waals surface area contributed by atoms with Crippen molar-refractivity contribution in [2.75, 3.05) is 0 Å². The van der Waals surface area contributed by atoms with Gasteiger partial charge in [0.15, 0.2) is 17.3 Å². The van der Waals surface area contributed by atoms with Crippen LogP contribution >= 0.6 is 0 Å². The Hall–Kier alpha value is -5.44. The van der Waals surface area contributed by atoms with E-state index in [0.29, 0.717) is 0 Å². The van der Waals surface area contributed by atoms with E-state index in [2.05, 4.69) is 5.10 Å². The molecule has 0 spiro atoms. The molecule has 3 heterocycles. The zero-order chi connectivity index (χ0) is 26.4. The van der Waals surface area contributed by atoms with E-state index in [-0.39, 0.29) is 40.4 Å². The number of aromatic hydroxyl groups is 4. The molecule has 0 radical (unpaired) electrons. The zero-order valence-electron chi connectivity index (χ0n) is 19.7. The van der Waals surface area contributed by atoms with Crippen LogP contribution in [-0.4, -0.2) is 30.0 Å². The van der Waals surface area contributed by atoms with Gasteiger partial charge in [-0.1, -0.05) is 36.4 Å². The number of rotatable bonds is 5. The topological polar surface area (TPSA) is 138 Å². The number of phenolic OH excluding ortho intramolecular Hbond substituents is 3. The second-order valence-electron chi connectivity index (χ2n) is 8.72. The minimum absolute atomic E-state index is 0.0274. The van der Waals surface area contributed by atoms with E-state index in [1.165, 1.54) is 24.3 Å². The van der Waals surface area contributed by atoms with E-state index in [0.717, 1.165) is 28.4 Å². The van der Waals surface area contributed by atoms with Gasteiger partial charge in [-0.25, -0.2) is 4.52 Å². The summed E-state index contributed by atoms with van der Waals surface area (Å²) in [5.41, 5.74) is 2.87. The highest BCUT2D eigenvalue weighted by atomic mass is 16.5. The first kappa shape index (κ1) is 23.0. The second kappa shape index (κ2) is 8.90. The smallest absolute Gasteiger partial charge is 0.238 e. The average molecular weight is 508 g/mol. The van der Waals surface area contributed by atoms with Crippen LogP contribution < -0.4 is 10.2 Å². The molecule has 0 aliphatic rings. The van der Waals surface area contributed by atoms with Gasteiger partial charge >= 0.3 is 0 Å². The summed E-state index contributed by atoms with van der Waals surface area (Å²) >= 11 is 0. The van der Waals surface area contributed by atoms with Crippen molar-refractivity contribution in [2.45, 2.75) is 6.61 Å². The number of ether oxygens (including phenoxy) is 1. The van der Waals surface area contributed by atoms with Crippen molar-refractivity contribution in [3.63, 3.8) is 0 Å². The van der Waals surface area contributed by atoms with Crippen molar-refractivity contribution in [1.82, 2.24) is 9.61 Å². The van der Waals surface area contributed by atoms with Gasteiger partial charge in [-0.05, 0) is 30.3 Å². The Bertz CT molecular complexity index is 1890. The van der Waals surface area contributed by atoms with E-state index < -0.39 is 22.7 Å². The van der Waals surface area contributed by atoms with Crippen molar-refractivity contribution in [1.29, 1.82) is 0 Å². The molecule has 188 valence electrons. The quantitative estimate of drug-likeness (QED) is 0.234. The molecule has 0 saturated carbocycles. The maximum Gasteiger partial charge on any atom is 0.238 e. The molecule has 9 nitrogen and oxygen atoms in total. The predicted octanol–water partition coefficient (Wildman–Crippen LogP) is 5.18. The predicted molar refractivity (Wildman–Crippen MR) is 140 cm³/mol. The summed E-state index contributed by atoms with van der Waals surface area (Å²) in [4.78, 5) is 12.8. The lowest BCUT2D eigenvalue weighted by Gasteiger charge is -2.11. The average Bonchev–Trinajstić information content (AvgIpc) is 3.35. The van der Waals surface area contributed by atoms with Crippen LogP contribution in [-0.2, 0) is 6.61 Å². The first-order valence-corrected chi connectivity index (χ1v) is 11.6. The Kier molecular flexibility index (Phi) is 5.38. The molecule has 38 heavy (non-hydrogen) atoms. The Labute approximate surface area is 214 Å². The molecule has 3 aromatic carbocycles. The van der Waals surface area contributed by atoms with Crippen LogP contribution in [0, 0.1) is 0 Å². The number of pyridine rings is 1. The van der Waals surface area contributed by atoms with Gasteiger partial charge in [0.2, 0.25) is 11.2 Å². The van der Waals surface area contributed by atoms with Gasteiger partial charge in [0, 0.05) is 35.0 Å². The molecule has 0 amide bonds. The molecule has 6 aromatic rings. The molecule has 0 fully saturated rings. The molecule has 0 aliphatic heterocycles. The Balaban J connectivity index is 1.31. The summed E-state index contributed by atoms with van der Waals surface area (Å²) in [5, 5.41) is 44.7. The highest BCUT2D eigenvalue weighted by Crippen LogP contribution is 2.38. The lowest BCUT2D eigenvalue weighted by Crippen LogP contribution is -2.04. The van der Waals surface area contributed by atoms with Crippen molar-refractivity contribution in [2.24, 2.45) is 0 Å². The summed E-state index contributed by atoms with van der Waals surface area (Å²) in [5.74, 6) is -1.98. The number of benzene rings is 3. The highest BCUT2D eigenvalue weighted by Gasteiger charge is 2.20. The first-order chi connectivity index (χ1) is 18.4. The monoisotopic (exact) mass is 508 g/mol. The maximum absolute atomic E-state index is 12.8. The van der Waals surface area contributed by atoms with Crippen LogP contribution in [0.5, 0.6) is 28.7 Å². The third kappa shape index (κ3) is 4.01. The molecule has 6 rings (SSSR count). The molecule has 0 bridgehead atoms. The molecular weight excluding hydrogens is 488 g/mol. The second-order valence-corrected chi connectivity index (χ2v) is 8.72. The molecule has 0 atom stereocenters. The summed E-state index contributed by atoms with van der Waals surface area (Å²) < 4.78 is 13.4. The number of hydrogen-bond donors (Lipinski definition) is 4. The summed E-state index contributed by atoms with van der Waals surface area (Å²) in [7, 11) is 0. The standard InChI is InChI=1S/C29H20N2O7/c32-22-9-7-18(10-23(22)33)29-28(36)27(35)26-24(34)12-20(13-25(26)38-29)37-15-16-6-8-19-11-21(30-31(19)14-16)17-4-2-1-3-5-17/h1-14,32-34,36H,15H2. The normalized spacial score (nSPS) is 11.3. The van der Waals surface area contributed by atoms with Crippen molar-refractivity contribution in [3.05, 3.63) is 101 Å². The van der Waals surface area contributed by atoms with Gasteiger partial charge < -0.3 is 29.6 Å². The van der Waals surface area contributed by atoms with Crippen LogP contribution in [0.4, 0.5) is 0 Å². The van der Waals surface area contributed by atoms with Crippen molar-refractivity contribution >= 4 is 16.5 Å². The molecule has 0 saturated heterocycles. The summed E-state index contributed by atoms with van der Waals surface area (Å²) in [6.07, 6.45) is 1.84. The number of nitrogens with zero attached hydrogens (tertiary/aromatic N) is 2. The fourth-order valence-corrected chi connectivity index (χ4v) is 4.24. The molecule has 0 unspecified atom stereocenters. The van der Waals surface area contributed by atoms with Gasteiger partial charge in [0.1, 0.15) is 29.1 Å². The molecular formula is C29H20N2O7. The fraction of sp³-hybridized carbons (Fsp3) is 0.0345. The van der Waals surface area contributed by atoms with Gasteiger partial charge in [-0.2, -0.15) is 5.10 Å². The van der Waals surface area contributed by atoms with Crippen molar-refractivity contribution in [3.8, 4) is 51.3 Å². The van der Waals surface area contributed by atoms with Gasteiger partial charge in [0.05, 0.1) is 11.2 Å². The highest BCUT2D eigenvalue weighted by molar-refractivity contribution is 5.88. The maximum atomic E-state index is 12.8. The lowest BCUT2D eigenvalue weighted by atomic mass is 10.1. The molecule has 9 heteroatoms. The number of phenols is 3. The Morgan fingerprint density at radius 2 is 1.63 bits per heavy atom. The third-order valence-corrected chi connectivity index (χ3v) is 6.16. The number of hydrogen-bond acceptors (Lipinski definition) is 8. The third-order valence-electron chi connectivity index (χ3n) is 6.16. The lowest BCUT2D eigenvalue weighted by molar-refractivity contribution is 0.303. The number of aromatic nitrogens is 2. The van der Waals surface area contributed by atoms with E-state index in [9.17, 15) is 25.2 Å². The molecule has 3 aromatic heterocycles. The van der Waals surface area contributed by atoms with Crippen LogP contribution in [0.25, 0.3) is 39.1 Å². The van der Waals surface area contributed by atoms with Gasteiger partial charge in [-0.3, -0.25) is 4.79 Å². The minimum Gasteiger partial charge on any atom is -0.507 e. The van der Waals surface area contributed by atoms with Crippen LogP contribution in [0.2, 0.25) is 0 Å².